The van der Waals surface area contributed by atoms with Gasteiger partial charge in [0.2, 0.25) is 23.8 Å². The van der Waals surface area contributed by atoms with Crippen molar-refractivity contribution in [2.75, 3.05) is 35.5 Å². The summed E-state index contributed by atoms with van der Waals surface area (Å²) in [5.74, 6) is -1.28. The lowest BCUT2D eigenvalue weighted by Crippen LogP contribution is -2.08. The van der Waals surface area contributed by atoms with Crippen LogP contribution >= 0.6 is 0 Å². The van der Waals surface area contributed by atoms with Gasteiger partial charge in [-0.25, -0.2) is 0 Å². The molecule has 0 spiro atoms. The molecule has 392 valence electrons. The Labute approximate surface area is 428 Å². The molecule has 8 rings (SSSR count). The van der Waals surface area contributed by atoms with Crippen molar-refractivity contribution in [3.05, 3.63) is 109 Å². The lowest BCUT2D eigenvalue weighted by molar-refractivity contribution is 0.416. The lowest BCUT2D eigenvalue weighted by atomic mass is 10.1. The predicted molar refractivity (Wildman–Crippen MR) is 267 cm³/mol. The van der Waals surface area contributed by atoms with Crippen LogP contribution < -0.4 is 30.7 Å². The first-order valence-corrected chi connectivity index (χ1v) is 26.5. The van der Waals surface area contributed by atoms with E-state index in [4.69, 9.17) is 9.47 Å². The largest absolute Gasteiger partial charge is 0.494 e. The van der Waals surface area contributed by atoms with Gasteiger partial charge in [-0.3, -0.25) is 18.2 Å². The van der Waals surface area contributed by atoms with Crippen LogP contribution in [0.1, 0.15) is 0 Å². The Hall–Kier alpha value is -9.16. The topological polar surface area (TPSA) is 451 Å². The van der Waals surface area contributed by atoms with Gasteiger partial charge in [-0.05, 0) is 84.9 Å². The third kappa shape index (κ3) is 13.0. The first kappa shape index (κ1) is 53.1. The summed E-state index contributed by atoms with van der Waals surface area (Å²) >= 11 is 0. The van der Waals surface area contributed by atoms with E-state index in [1.807, 2.05) is 0 Å². The number of azo groups is 2. The van der Waals surface area contributed by atoms with E-state index in [0.717, 1.165) is 36.4 Å². The minimum Gasteiger partial charge on any atom is -0.494 e. The third-order valence-corrected chi connectivity index (χ3v) is 13.5. The van der Waals surface area contributed by atoms with E-state index < -0.39 is 94.7 Å². The molecular formula is C42H34N14O16S4. The van der Waals surface area contributed by atoms with Gasteiger partial charge in [0.25, 0.3) is 40.5 Å². The van der Waals surface area contributed by atoms with Gasteiger partial charge < -0.3 is 41.0 Å². The van der Waals surface area contributed by atoms with Crippen molar-refractivity contribution in [1.82, 2.24) is 29.9 Å². The molecule has 0 unspecified atom stereocenters. The SMILES string of the molecule is COc1cc(/N=N/c2cccc(S(=O)(=O)O)c2)ccc1Nc1nc(O)nc(Nc2cc(S(=O)(=O)O)c3cc(Nc4nc(O)nc(Nc5ccc(/N=N/c6cccc(S(=O)(=O)O)c6)cc5OC)n4)cc(S(=O)(=O)O)c3c2)n1. The minimum absolute atomic E-state index is 0.104. The van der Waals surface area contributed by atoms with Gasteiger partial charge >= 0.3 is 12.0 Å². The molecule has 0 fully saturated rings. The number of aromatic hydroxyl groups is 2. The Balaban J connectivity index is 1.05. The van der Waals surface area contributed by atoms with E-state index in [1.165, 1.54) is 87.0 Å². The molecule has 0 aliphatic heterocycles. The number of nitrogens with zero attached hydrogens (tertiary/aromatic N) is 10. The second kappa shape index (κ2) is 21.0. The molecule has 0 radical (unpaired) electrons. The maximum Gasteiger partial charge on any atom is 0.320 e. The third-order valence-electron chi connectivity index (χ3n) is 9.97. The number of hydrogen-bond donors (Lipinski definition) is 10. The Morgan fingerprint density at radius 3 is 1.08 bits per heavy atom. The Bertz CT molecular complexity index is 3890. The quantitative estimate of drug-likeness (QED) is 0.0295. The van der Waals surface area contributed by atoms with E-state index >= 15 is 0 Å². The smallest absolute Gasteiger partial charge is 0.320 e. The summed E-state index contributed by atoms with van der Waals surface area (Å²) in [6.07, 6.45) is 0. The van der Waals surface area contributed by atoms with E-state index in [-0.39, 0.29) is 68.9 Å². The molecule has 30 nitrogen and oxygen atoms in total. The molecular weight excluding hydrogens is 1080 g/mol. The number of anilines is 8. The van der Waals surface area contributed by atoms with E-state index in [2.05, 4.69) is 71.6 Å². The average Bonchev–Trinajstić information content (AvgIpc) is 3.36. The number of hydrogen-bond acceptors (Lipinski definition) is 26. The van der Waals surface area contributed by atoms with Gasteiger partial charge in [0.15, 0.2) is 0 Å². The molecule has 2 heterocycles. The highest BCUT2D eigenvalue weighted by molar-refractivity contribution is 7.86. The first-order chi connectivity index (χ1) is 35.8. The molecule has 0 saturated carbocycles. The standard InChI is InChI=1S/C42H34N14O16S4/c1-71-33-17-23(55-53-21-5-3-7-27(13-21)73(59,60)61)9-11-31(33)45-39-47-37(49-41(57)51-39)43-25-15-29-30(35(19-25)75(65,66)67)16-26(20-36(29)76(68,69)70)44-38-48-40(52-42(58)50-38)46-32-12-10-24(18-34(32)72-2)56-54-22-6-4-8-28(14-22)74(62,63)64/h3-20H,1-2H3,(H,59,60,61)(H,62,63,64)(H,65,66,67)(H,68,69,70)(H3,43,45,47,49,51,57)(H3,44,46,48,50,52,58)/b55-53+,56-54+. The maximum absolute atomic E-state index is 12.9. The minimum atomic E-state index is -5.24. The summed E-state index contributed by atoms with van der Waals surface area (Å²) in [5, 5.41) is 46.9. The maximum atomic E-state index is 12.9. The van der Waals surface area contributed by atoms with Gasteiger partial charge in [-0.15, -0.1) is 0 Å². The second-order valence-electron chi connectivity index (χ2n) is 15.2. The molecule has 34 heteroatoms. The van der Waals surface area contributed by atoms with Crippen molar-refractivity contribution in [3.63, 3.8) is 0 Å². The van der Waals surface area contributed by atoms with Crippen LogP contribution in [0.5, 0.6) is 23.5 Å². The zero-order valence-electron chi connectivity index (χ0n) is 38.3. The second-order valence-corrected chi connectivity index (χ2v) is 20.8. The summed E-state index contributed by atoms with van der Waals surface area (Å²) in [6, 6.07) is 20.9. The van der Waals surface area contributed by atoms with Crippen molar-refractivity contribution in [2.24, 2.45) is 20.5 Å². The van der Waals surface area contributed by atoms with Gasteiger partial charge in [-0.2, -0.15) is 84.0 Å². The Morgan fingerprint density at radius 2 is 0.750 bits per heavy atom. The summed E-state index contributed by atoms with van der Waals surface area (Å²) in [4.78, 5) is 21.0. The molecule has 0 aliphatic carbocycles. The molecule has 6 aromatic carbocycles. The first-order valence-electron chi connectivity index (χ1n) is 20.7. The summed E-state index contributed by atoms with van der Waals surface area (Å²) in [6.45, 7) is 0. The Kier molecular flexibility index (Phi) is 14.7. The normalized spacial score (nSPS) is 12.2. The zero-order valence-corrected chi connectivity index (χ0v) is 41.5. The van der Waals surface area contributed by atoms with Crippen LogP contribution in [0.15, 0.2) is 149 Å². The number of aromatic nitrogens is 6. The van der Waals surface area contributed by atoms with Crippen LogP contribution in [0.25, 0.3) is 10.8 Å². The van der Waals surface area contributed by atoms with Gasteiger partial charge in [-0.1, -0.05) is 12.1 Å². The summed E-state index contributed by atoms with van der Waals surface area (Å²) in [7, 11) is -16.8. The number of methoxy groups -OCH3 is 2. The fourth-order valence-corrected chi connectivity index (χ4v) is 9.24. The summed E-state index contributed by atoms with van der Waals surface area (Å²) < 4.78 is 148. The fraction of sp³-hybridized carbons (Fsp3) is 0.0476. The van der Waals surface area contributed by atoms with Gasteiger partial charge in [0.1, 0.15) is 21.3 Å². The van der Waals surface area contributed by atoms with E-state index in [9.17, 15) is 62.1 Å². The van der Waals surface area contributed by atoms with Gasteiger partial charge in [0.05, 0.1) is 58.1 Å². The van der Waals surface area contributed by atoms with Crippen molar-refractivity contribution in [1.29, 1.82) is 0 Å². The number of benzene rings is 6. The average molecular weight is 1120 g/mol. The van der Waals surface area contributed by atoms with Gasteiger partial charge in [0, 0.05) is 34.3 Å². The number of nitrogens with one attached hydrogen (secondary N) is 4. The predicted octanol–water partition coefficient (Wildman–Crippen LogP) is 7.43. The molecule has 0 amide bonds. The van der Waals surface area contributed by atoms with Crippen molar-refractivity contribution in [3.8, 4) is 23.5 Å². The highest BCUT2D eigenvalue weighted by atomic mass is 32.2. The molecule has 2 aromatic heterocycles. The van der Waals surface area contributed by atoms with Crippen LogP contribution in [0.3, 0.4) is 0 Å². The van der Waals surface area contributed by atoms with Crippen molar-refractivity contribution in [2.45, 2.75) is 19.6 Å². The number of ether oxygens (including phenoxy) is 2. The van der Waals surface area contributed by atoms with E-state index in [0.29, 0.717) is 0 Å². The van der Waals surface area contributed by atoms with Crippen LogP contribution in [0.2, 0.25) is 0 Å². The molecule has 0 atom stereocenters. The van der Waals surface area contributed by atoms with Crippen molar-refractivity contribution >= 4 is 121 Å². The molecule has 0 saturated heterocycles. The van der Waals surface area contributed by atoms with Crippen molar-refractivity contribution < 1.29 is 71.6 Å². The van der Waals surface area contributed by atoms with Crippen LogP contribution in [-0.2, 0) is 40.5 Å². The Morgan fingerprint density at radius 1 is 0.408 bits per heavy atom. The molecule has 0 aliphatic rings. The van der Waals surface area contributed by atoms with Crippen LogP contribution in [0.4, 0.5) is 69.3 Å². The van der Waals surface area contributed by atoms with E-state index in [1.54, 1.807) is 0 Å². The highest BCUT2D eigenvalue weighted by Gasteiger charge is 2.24. The van der Waals surface area contributed by atoms with Crippen LogP contribution in [-0.4, -0.2) is 106 Å². The number of rotatable bonds is 18. The fourth-order valence-electron chi connectivity index (χ4n) is 6.75. The van der Waals surface area contributed by atoms with Crippen LogP contribution in [0, 0.1) is 0 Å². The highest BCUT2D eigenvalue weighted by Crippen LogP contribution is 2.38. The molecule has 76 heavy (non-hydrogen) atoms. The monoisotopic (exact) mass is 1120 g/mol. The lowest BCUT2D eigenvalue weighted by Gasteiger charge is -2.15. The number of fused-ring (bicyclic) bond motifs is 1. The summed E-state index contributed by atoms with van der Waals surface area (Å²) in [5.41, 5.74) is 0.463. The molecule has 10 N–H and O–H groups in total. The zero-order chi connectivity index (χ0) is 54.7. The molecule has 0 bridgehead atoms. The molecule has 8 aromatic rings.